The summed E-state index contributed by atoms with van der Waals surface area (Å²) in [4.78, 5) is 22.4. The van der Waals surface area contributed by atoms with Crippen molar-refractivity contribution in [3.8, 4) is 5.75 Å². The summed E-state index contributed by atoms with van der Waals surface area (Å²) in [5.41, 5.74) is 3.32. The molecular weight excluding hydrogens is 282 g/mol. The Labute approximate surface area is 128 Å². The Morgan fingerprint density at radius 3 is 2.36 bits per heavy atom. The van der Waals surface area contributed by atoms with Crippen molar-refractivity contribution in [2.24, 2.45) is 0 Å². The molecule has 0 unspecified atom stereocenters. The van der Waals surface area contributed by atoms with Crippen molar-refractivity contribution >= 4 is 11.5 Å². The molecule has 114 valence electrons. The highest BCUT2D eigenvalue weighted by atomic mass is 16.6. The van der Waals surface area contributed by atoms with E-state index in [1.807, 2.05) is 26.0 Å². The van der Waals surface area contributed by atoms with Crippen molar-refractivity contribution in [2.45, 2.75) is 20.8 Å². The molecule has 0 saturated carbocycles. The molecule has 0 fully saturated rings. The van der Waals surface area contributed by atoms with Gasteiger partial charge in [-0.1, -0.05) is 12.1 Å². The average molecular weight is 299 g/mol. The minimum atomic E-state index is -0.445. The van der Waals surface area contributed by atoms with E-state index < -0.39 is 4.92 Å². The minimum Gasteiger partial charge on any atom is -0.485 e. The number of Topliss-reactive ketones (excluding diaryl/α,β-unsaturated/α-hetero) is 1. The van der Waals surface area contributed by atoms with E-state index in [0.29, 0.717) is 16.9 Å². The Morgan fingerprint density at radius 2 is 1.77 bits per heavy atom. The lowest BCUT2D eigenvalue weighted by molar-refractivity contribution is -0.385. The molecule has 0 aliphatic heterocycles. The molecule has 5 nitrogen and oxygen atoms in total. The van der Waals surface area contributed by atoms with Gasteiger partial charge in [0.05, 0.1) is 4.92 Å². The van der Waals surface area contributed by atoms with Crippen LogP contribution >= 0.6 is 0 Å². The first-order valence-corrected chi connectivity index (χ1v) is 6.87. The molecule has 0 radical (unpaired) electrons. The average Bonchev–Trinajstić information content (AvgIpc) is 2.47. The molecule has 0 N–H and O–H groups in total. The van der Waals surface area contributed by atoms with Crippen molar-refractivity contribution in [3.05, 3.63) is 68.8 Å². The molecule has 0 aromatic heterocycles. The Morgan fingerprint density at radius 1 is 1.05 bits per heavy atom. The SMILES string of the molecule is Cc1ccc(C(=O)COc2ccc([N+](=O)[O-])c(C)c2)cc1C. The van der Waals surface area contributed by atoms with Gasteiger partial charge in [0, 0.05) is 17.2 Å². The molecule has 0 aliphatic rings. The molecule has 0 saturated heterocycles. The Bertz CT molecular complexity index is 737. The van der Waals surface area contributed by atoms with Crippen LogP contribution in [0.2, 0.25) is 0 Å². The Balaban J connectivity index is 2.06. The number of carbonyl (C=O) groups is 1. The normalized spacial score (nSPS) is 10.3. The fraction of sp³-hybridized carbons (Fsp3) is 0.235. The van der Waals surface area contributed by atoms with E-state index in [9.17, 15) is 14.9 Å². The molecule has 5 heteroatoms. The lowest BCUT2D eigenvalue weighted by Crippen LogP contribution is -2.12. The second-order valence-electron chi connectivity index (χ2n) is 5.22. The van der Waals surface area contributed by atoms with Gasteiger partial charge in [-0.3, -0.25) is 14.9 Å². The van der Waals surface area contributed by atoms with Crippen LogP contribution in [0.25, 0.3) is 0 Å². The van der Waals surface area contributed by atoms with E-state index in [0.717, 1.165) is 11.1 Å². The fourth-order valence-corrected chi connectivity index (χ4v) is 2.07. The highest BCUT2D eigenvalue weighted by molar-refractivity contribution is 5.97. The molecule has 2 aromatic rings. The molecular formula is C17H17NO4. The highest BCUT2D eigenvalue weighted by Crippen LogP contribution is 2.23. The molecule has 0 aliphatic carbocycles. The summed E-state index contributed by atoms with van der Waals surface area (Å²) in [7, 11) is 0. The van der Waals surface area contributed by atoms with Crippen LogP contribution in [-0.2, 0) is 0 Å². The van der Waals surface area contributed by atoms with Gasteiger partial charge in [-0.25, -0.2) is 0 Å². The zero-order chi connectivity index (χ0) is 16.3. The first kappa shape index (κ1) is 15.7. The van der Waals surface area contributed by atoms with Gasteiger partial charge in [0.1, 0.15) is 5.75 Å². The summed E-state index contributed by atoms with van der Waals surface area (Å²) in [5.74, 6) is 0.319. The number of hydrogen-bond donors (Lipinski definition) is 0. The summed E-state index contributed by atoms with van der Waals surface area (Å²) in [6.07, 6.45) is 0. The number of nitro groups is 1. The van der Waals surface area contributed by atoms with Gasteiger partial charge in [-0.15, -0.1) is 0 Å². The lowest BCUT2D eigenvalue weighted by atomic mass is 10.0. The standard InChI is InChI=1S/C17H17NO4/c1-11-4-5-14(8-12(11)2)17(19)10-22-15-6-7-16(18(20)21)13(3)9-15/h4-9H,10H2,1-3H3. The van der Waals surface area contributed by atoms with Crippen molar-refractivity contribution in [1.29, 1.82) is 0 Å². The number of aryl methyl sites for hydroxylation is 3. The van der Waals surface area contributed by atoms with Crippen molar-refractivity contribution < 1.29 is 14.5 Å². The number of nitro benzene ring substituents is 1. The van der Waals surface area contributed by atoms with Crippen LogP contribution in [-0.4, -0.2) is 17.3 Å². The molecule has 0 spiro atoms. The van der Waals surface area contributed by atoms with E-state index in [1.165, 1.54) is 12.1 Å². The third-order valence-corrected chi connectivity index (χ3v) is 3.56. The molecule has 0 atom stereocenters. The topological polar surface area (TPSA) is 69.4 Å². The van der Waals surface area contributed by atoms with Gasteiger partial charge < -0.3 is 4.74 Å². The summed E-state index contributed by atoms with van der Waals surface area (Å²) >= 11 is 0. The minimum absolute atomic E-state index is 0.0350. The third-order valence-electron chi connectivity index (χ3n) is 3.56. The largest absolute Gasteiger partial charge is 0.485 e. The van der Waals surface area contributed by atoms with Crippen LogP contribution in [0, 0.1) is 30.9 Å². The van der Waals surface area contributed by atoms with Gasteiger partial charge >= 0.3 is 0 Å². The van der Waals surface area contributed by atoms with Crippen LogP contribution in [0.15, 0.2) is 36.4 Å². The second kappa shape index (κ2) is 6.39. The lowest BCUT2D eigenvalue weighted by Gasteiger charge is -2.08. The van der Waals surface area contributed by atoms with Gasteiger partial charge in [-0.05, 0) is 50.1 Å². The van der Waals surface area contributed by atoms with E-state index in [1.54, 1.807) is 19.1 Å². The molecule has 0 amide bonds. The molecule has 2 rings (SSSR count). The number of nitrogens with zero attached hydrogens (tertiary/aromatic N) is 1. The van der Waals surface area contributed by atoms with Crippen LogP contribution in [0.1, 0.15) is 27.0 Å². The predicted molar refractivity (Wildman–Crippen MR) is 83.6 cm³/mol. The van der Waals surface area contributed by atoms with Crippen LogP contribution in [0.3, 0.4) is 0 Å². The van der Waals surface area contributed by atoms with E-state index in [-0.39, 0.29) is 18.1 Å². The second-order valence-corrected chi connectivity index (χ2v) is 5.22. The maximum absolute atomic E-state index is 12.1. The number of hydrogen-bond acceptors (Lipinski definition) is 4. The van der Waals surface area contributed by atoms with Crippen LogP contribution in [0.4, 0.5) is 5.69 Å². The fourth-order valence-electron chi connectivity index (χ4n) is 2.07. The zero-order valence-corrected chi connectivity index (χ0v) is 12.8. The highest BCUT2D eigenvalue weighted by Gasteiger charge is 2.12. The summed E-state index contributed by atoms with van der Waals surface area (Å²) in [5, 5.41) is 10.8. The maximum atomic E-state index is 12.1. The number of benzene rings is 2. The zero-order valence-electron chi connectivity index (χ0n) is 12.8. The number of ketones is 1. The number of ether oxygens (including phenoxy) is 1. The van der Waals surface area contributed by atoms with Crippen molar-refractivity contribution in [3.63, 3.8) is 0 Å². The van der Waals surface area contributed by atoms with Gasteiger partial charge in [0.15, 0.2) is 12.4 Å². The quantitative estimate of drug-likeness (QED) is 0.478. The van der Waals surface area contributed by atoms with Crippen molar-refractivity contribution in [2.75, 3.05) is 6.61 Å². The van der Waals surface area contributed by atoms with E-state index in [2.05, 4.69) is 0 Å². The summed E-state index contributed by atoms with van der Waals surface area (Å²) < 4.78 is 5.44. The molecule has 2 aromatic carbocycles. The smallest absolute Gasteiger partial charge is 0.272 e. The number of rotatable bonds is 5. The maximum Gasteiger partial charge on any atom is 0.272 e. The first-order chi connectivity index (χ1) is 10.4. The van der Waals surface area contributed by atoms with Crippen LogP contribution < -0.4 is 4.74 Å². The predicted octanol–water partition coefficient (Wildman–Crippen LogP) is 3.78. The Hall–Kier alpha value is -2.69. The first-order valence-electron chi connectivity index (χ1n) is 6.87. The van der Waals surface area contributed by atoms with Gasteiger partial charge in [-0.2, -0.15) is 0 Å². The summed E-state index contributed by atoms with van der Waals surface area (Å²) in [6, 6.07) is 9.95. The monoisotopic (exact) mass is 299 g/mol. The molecule has 0 heterocycles. The van der Waals surface area contributed by atoms with Crippen LogP contribution in [0.5, 0.6) is 5.75 Å². The van der Waals surface area contributed by atoms with E-state index >= 15 is 0 Å². The van der Waals surface area contributed by atoms with E-state index in [4.69, 9.17) is 4.74 Å². The summed E-state index contributed by atoms with van der Waals surface area (Å²) in [6.45, 7) is 5.47. The molecule has 22 heavy (non-hydrogen) atoms. The van der Waals surface area contributed by atoms with Crippen molar-refractivity contribution in [1.82, 2.24) is 0 Å². The third kappa shape index (κ3) is 3.49. The number of carbonyl (C=O) groups excluding carboxylic acids is 1. The van der Waals surface area contributed by atoms with Gasteiger partial charge in [0.2, 0.25) is 0 Å². The Kier molecular flexibility index (Phi) is 4.56. The van der Waals surface area contributed by atoms with Gasteiger partial charge in [0.25, 0.3) is 5.69 Å². The molecule has 0 bridgehead atoms.